The maximum Gasteiger partial charge on any atom is 0.165 e. The Morgan fingerprint density at radius 3 is 3.00 bits per heavy atom. The standard InChI is InChI=1S/C13H14ClNO.ClH/c1-13-5-11(16)12-8(3-2-4-10(12)14)9(13)6-15-7-13;/h2-4,9,15H,5-7H2,1H3;1H. The van der Waals surface area contributed by atoms with E-state index in [-0.39, 0.29) is 23.6 Å². The van der Waals surface area contributed by atoms with E-state index in [0.717, 1.165) is 24.2 Å². The SMILES string of the molecule is CC12CNCC1c1cccc(Cl)c1C(=O)C2.Cl. The molecule has 1 aromatic rings. The lowest BCUT2D eigenvalue weighted by Crippen LogP contribution is -2.33. The van der Waals surface area contributed by atoms with Crippen LogP contribution in [0.25, 0.3) is 0 Å². The highest BCUT2D eigenvalue weighted by atomic mass is 35.5. The maximum absolute atomic E-state index is 12.1. The fourth-order valence-corrected chi connectivity index (χ4v) is 3.41. The highest BCUT2D eigenvalue weighted by Crippen LogP contribution is 2.48. The van der Waals surface area contributed by atoms with Crippen molar-refractivity contribution >= 4 is 29.8 Å². The zero-order valence-corrected chi connectivity index (χ0v) is 11.2. The van der Waals surface area contributed by atoms with Crippen LogP contribution in [-0.4, -0.2) is 18.9 Å². The first-order chi connectivity index (χ1) is 7.62. The molecule has 2 nitrogen and oxygen atoms in total. The van der Waals surface area contributed by atoms with Gasteiger partial charge in [-0.1, -0.05) is 30.7 Å². The molecule has 17 heavy (non-hydrogen) atoms. The first-order valence-electron chi connectivity index (χ1n) is 5.64. The van der Waals surface area contributed by atoms with Gasteiger partial charge in [-0.2, -0.15) is 0 Å². The van der Waals surface area contributed by atoms with Crippen molar-refractivity contribution in [1.29, 1.82) is 0 Å². The molecule has 1 fully saturated rings. The Labute approximate surface area is 112 Å². The molecule has 0 bridgehead atoms. The Balaban J connectivity index is 0.00000108. The second-order valence-corrected chi connectivity index (χ2v) is 5.55. The van der Waals surface area contributed by atoms with Crippen molar-refractivity contribution < 1.29 is 4.79 Å². The van der Waals surface area contributed by atoms with Gasteiger partial charge in [-0.3, -0.25) is 4.79 Å². The minimum absolute atomic E-state index is 0. The molecule has 1 aliphatic carbocycles. The van der Waals surface area contributed by atoms with Crippen LogP contribution in [0.3, 0.4) is 0 Å². The summed E-state index contributed by atoms with van der Waals surface area (Å²) >= 11 is 6.13. The lowest BCUT2D eigenvalue weighted by atomic mass is 9.66. The van der Waals surface area contributed by atoms with E-state index < -0.39 is 0 Å². The second kappa shape index (κ2) is 4.27. The van der Waals surface area contributed by atoms with E-state index >= 15 is 0 Å². The van der Waals surface area contributed by atoms with Gasteiger partial charge in [0.2, 0.25) is 0 Å². The maximum atomic E-state index is 12.1. The number of rotatable bonds is 0. The second-order valence-electron chi connectivity index (χ2n) is 5.14. The molecule has 0 aromatic heterocycles. The molecule has 2 unspecified atom stereocenters. The number of ketones is 1. The van der Waals surface area contributed by atoms with Gasteiger partial charge in [0.15, 0.2) is 5.78 Å². The Kier molecular flexibility index (Phi) is 3.23. The molecule has 0 saturated carbocycles. The van der Waals surface area contributed by atoms with Crippen LogP contribution in [0, 0.1) is 5.41 Å². The number of fused-ring (bicyclic) bond motifs is 3. The lowest BCUT2D eigenvalue weighted by Gasteiger charge is -2.36. The molecular formula is C13H15Cl2NO. The largest absolute Gasteiger partial charge is 0.316 e. The Morgan fingerprint density at radius 1 is 1.47 bits per heavy atom. The molecule has 2 atom stereocenters. The zero-order valence-electron chi connectivity index (χ0n) is 9.63. The van der Waals surface area contributed by atoms with E-state index in [1.807, 2.05) is 18.2 Å². The average molecular weight is 272 g/mol. The summed E-state index contributed by atoms with van der Waals surface area (Å²) in [7, 11) is 0. The zero-order chi connectivity index (χ0) is 11.3. The van der Waals surface area contributed by atoms with Crippen LogP contribution < -0.4 is 5.32 Å². The molecule has 1 aliphatic heterocycles. The van der Waals surface area contributed by atoms with Crippen LogP contribution >= 0.6 is 24.0 Å². The molecule has 3 rings (SSSR count). The number of halogens is 2. The average Bonchev–Trinajstić information content (AvgIpc) is 2.59. The van der Waals surface area contributed by atoms with Crippen molar-refractivity contribution in [3.05, 3.63) is 34.3 Å². The summed E-state index contributed by atoms with van der Waals surface area (Å²) in [5.41, 5.74) is 1.97. The fourth-order valence-electron chi connectivity index (χ4n) is 3.12. The van der Waals surface area contributed by atoms with Crippen molar-refractivity contribution in [2.24, 2.45) is 5.41 Å². The third kappa shape index (κ3) is 1.79. The van der Waals surface area contributed by atoms with Gasteiger partial charge in [0, 0.05) is 31.0 Å². The predicted molar refractivity (Wildman–Crippen MR) is 71.4 cm³/mol. The molecule has 1 saturated heterocycles. The van der Waals surface area contributed by atoms with Gasteiger partial charge in [0.05, 0.1) is 5.02 Å². The molecule has 0 radical (unpaired) electrons. The van der Waals surface area contributed by atoms with Gasteiger partial charge >= 0.3 is 0 Å². The van der Waals surface area contributed by atoms with Crippen LogP contribution in [0.5, 0.6) is 0 Å². The van der Waals surface area contributed by atoms with Gasteiger partial charge in [-0.05, 0) is 17.0 Å². The van der Waals surface area contributed by atoms with E-state index in [9.17, 15) is 4.79 Å². The summed E-state index contributed by atoms with van der Waals surface area (Å²) in [5.74, 6) is 0.627. The molecule has 1 aromatic carbocycles. The molecule has 0 amide bonds. The van der Waals surface area contributed by atoms with Gasteiger partial charge in [0.25, 0.3) is 0 Å². The van der Waals surface area contributed by atoms with Gasteiger partial charge in [0.1, 0.15) is 0 Å². The quantitative estimate of drug-likeness (QED) is 0.786. The molecule has 0 spiro atoms. The Morgan fingerprint density at radius 2 is 2.24 bits per heavy atom. The number of nitrogens with one attached hydrogen (secondary N) is 1. The van der Waals surface area contributed by atoms with Crippen LogP contribution in [0.15, 0.2) is 18.2 Å². The summed E-state index contributed by atoms with van der Waals surface area (Å²) < 4.78 is 0. The number of hydrogen-bond acceptors (Lipinski definition) is 2. The first kappa shape index (κ1) is 12.9. The Hall–Kier alpha value is -0.570. The summed E-state index contributed by atoms with van der Waals surface area (Å²) in [5, 5.41) is 4.00. The summed E-state index contributed by atoms with van der Waals surface area (Å²) in [6.45, 7) is 4.08. The van der Waals surface area contributed by atoms with Crippen LogP contribution in [0.2, 0.25) is 5.02 Å². The third-order valence-corrected chi connectivity index (χ3v) is 4.30. The van der Waals surface area contributed by atoms with Crippen molar-refractivity contribution in [2.75, 3.05) is 13.1 Å². The van der Waals surface area contributed by atoms with E-state index in [2.05, 4.69) is 12.2 Å². The van der Waals surface area contributed by atoms with Crippen molar-refractivity contribution in [3.8, 4) is 0 Å². The monoisotopic (exact) mass is 271 g/mol. The van der Waals surface area contributed by atoms with Crippen molar-refractivity contribution in [1.82, 2.24) is 5.32 Å². The number of carbonyl (C=O) groups is 1. The van der Waals surface area contributed by atoms with E-state index in [1.165, 1.54) is 0 Å². The number of hydrogen-bond donors (Lipinski definition) is 1. The Bertz CT molecular complexity index is 474. The molecule has 4 heteroatoms. The minimum Gasteiger partial charge on any atom is -0.316 e. The predicted octanol–water partition coefficient (Wildman–Crippen LogP) is 3.04. The van der Waals surface area contributed by atoms with Crippen LogP contribution in [-0.2, 0) is 0 Å². The third-order valence-electron chi connectivity index (χ3n) is 3.98. The number of Topliss-reactive ketones (excluding diaryl/α,β-unsaturated/α-hetero) is 1. The molecule has 2 aliphatic rings. The topological polar surface area (TPSA) is 29.1 Å². The van der Waals surface area contributed by atoms with Crippen molar-refractivity contribution in [2.45, 2.75) is 19.3 Å². The highest BCUT2D eigenvalue weighted by molar-refractivity contribution is 6.34. The number of carbonyl (C=O) groups excluding carboxylic acids is 1. The van der Waals surface area contributed by atoms with Gasteiger partial charge in [-0.25, -0.2) is 0 Å². The molecule has 92 valence electrons. The van der Waals surface area contributed by atoms with Crippen LogP contribution in [0.1, 0.15) is 35.2 Å². The van der Waals surface area contributed by atoms with Gasteiger partial charge < -0.3 is 5.32 Å². The minimum atomic E-state index is 0. The smallest absolute Gasteiger partial charge is 0.165 e. The number of benzene rings is 1. The molecular weight excluding hydrogens is 257 g/mol. The molecule has 1 N–H and O–H groups in total. The van der Waals surface area contributed by atoms with E-state index in [1.54, 1.807) is 0 Å². The lowest BCUT2D eigenvalue weighted by molar-refractivity contribution is 0.0898. The van der Waals surface area contributed by atoms with E-state index in [4.69, 9.17) is 11.6 Å². The first-order valence-corrected chi connectivity index (χ1v) is 6.02. The van der Waals surface area contributed by atoms with Gasteiger partial charge in [-0.15, -0.1) is 12.4 Å². The van der Waals surface area contributed by atoms with Crippen molar-refractivity contribution in [3.63, 3.8) is 0 Å². The summed E-state index contributed by atoms with van der Waals surface area (Å²) in [6, 6.07) is 5.80. The highest BCUT2D eigenvalue weighted by Gasteiger charge is 2.46. The fraction of sp³-hybridized carbons (Fsp3) is 0.462. The van der Waals surface area contributed by atoms with E-state index in [0.29, 0.717) is 17.4 Å². The van der Waals surface area contributed by atoms with Crippen LogP contribution in [0.4, 0.5) is 0 Å². The normalized spacial score (nSPS) is 30.5. The molecule has 1 heterocycles. The summed E-state index contributed by atoms with van der Waals surface area (Å²) in [6.07, 6.45) is 0.612. The summed E-state index contributed by atoms with van der Waals surface area (Å²) in [4.78, 5) is 12.1.